The number of aromatic hydroxyl groups is 1. The van der Waals surface area contributed by atoms with Crippen LogP contribution in [-0.4, -0.2) is 71.3 Å². The van der Waals surface area contributed by atoms with Gasteiger partial charge in [0.15, 0.2) is 5.60 Å². The minimum Gasteiger partial charge on any atom is -0.508 e. The lowest BCUT2D eigenvalue weighted by molar-refractivity contribution is -0.170. The van der Waals surface area contributed by atoms with E-state index in [1.807, 2.05) is 20.8 Å². The number of nitrogens with one attached hydrogen (secondary N) is 1. The average Bonchev–Trinajstić information content (AvgIpc) is 2.58. The number of aliphatic carboxylic acids is 3. The molecular weight excluding hydrogens is 402 g/mol. The Kier molecular flexibility index (Phi) is 10.4. The van der Waals surface area contributed by atoms with Crippen molar-refractivity contribution in [1.29, 1.82) is 0 Å². The molecule has 11 nitrogen and oxygen atoms in total. The van der Waals surface area contributed by atoms with E-state index in [2.05, 4.69) is 5.32 Å². The van der Waals surface area contributed by atoms with Crippen LogP contribution in [0.15, 0.2) is 18.2 Å². The van der Waals surface area contributed by atoms with Gasteiger partial charge in [-0.05, 0) is 38.5 Å². The minimum absolute atomic E-state index is 0.0484. The molecule has 0 spiro atoms. The fourth-order valence-electron chi connectivity index (χ4n) is 2.17. The van der Waals surface area contributed by atoms with Gasteiger partial charge in [-0.3, -0.25) is 9.59 Å². The maximum Gasteiger partial charge on any atom is 0.336 e. The average molecular weight is 431 g/mol. The fourth-order valence-corrected chi connectivity index (χ4v) is 2.17. The lowest BCUT2D eigenvalue weighted by Gasteiger charge is -2.23. The molecule has 1 aromatic carbocycles. The molecule has 11 heteroatoms. The molecule has 0 aromatic heterocycles. The summed E-state index contributed by atoms with van der Waals surface area (Å²) >= 11 is 0. The Hall–Kier alpha value is -2.73. The summed E-state index contributed by atoms with van der Waals surface area (Å²) in [4.78, 5) is 30.5. The number of hydrogen-bond acceptors (Lipinski definition) is 8. The molecule has 0 fully saturated rings. The van der Waals surface area contributed by atoms with Crippen LogP contribution in [0.4, 0.5) is 0 Å². The van der Waals surface area contributed by atoms with Gasteiger partial charge in [-0.15, -0.1) is 0 Å². The zero-order chi connectivity index (χ0) is 23.7. The molecular formula is C19H29NO10. The second-order valence-corrected chi connectivity index (χ2v) is 7.67. The van der Waals surface area contributed by atoms with Crippen LogP contribution in [0.25, 0.3) is 0 Å². The number of carbonyl (C=O) groups is 3. The van der Waals surface area contributed by atoms with Crippen LogP contribution >= 0.6 is 0 Å². The second kappa shape index (κ2) is 11.5. The molecule has 0 bridgehead atoms. The Morgan fingerprint density at radius 3 is 1.90 bits per heavy atom. The van der Waals surface area contributed by atoms with Crippen molar-refractivity contribution in [3.63, 3.8) is 0 Å². The van der Waals surface area contributed by atoms with Gasteiger partial charge in [0.25, 0.3) is 0 Å². The second-order valence-electron chi connectivity index (χ2n) is 7.67. The number of rotatable bonds is 9. The van der Waals surface area contributed by atoms with Crippen molar-refractivity contribution >= 4 is 17.9 Å². The molecule has 1 atom stereocenters. The molecule has 0 aliphatic rings. The highest BCUT2D eigenvalue weighted by Gasteiger charge is 2.40. The number of aliphatic hydroxyl groups is 3. The monoisotopic (exact) mass is 431 g/mol. The van der Waals surface area contributed by atoms with Gasteiger partial charge in [-0.2, -0.15) is 0 Å². The maximum absolute atomic E-state index is 10.3. The van der Waals surface area contributed by atoms with Crippen LogP contribution in [0.1, 0.15) is 50.8 Å². The van der Waals surface area contributed by atoms with E-state index in [1.165, 1.54) is 6.07 Å². The highest BCUT2D eigenvalue weighted by molar-refractivity contribution is 5.88. The predicted molar refractivity (Wildman–Crippen MR) is 104 cm³/mol. The molecule has 170 valence electrons. The summed E-state index contributed by atoms with van der Waals surface area (Å²) < 4.78 is 0. The first-order chi connectivity index (χ1) is 13.6. The summed E-state index contributed by atoms with van der Waals surface area (Å²) in [6.45, 7) is 6.26. The third kappa shape index (κ3) is 10.2. The summed E-state index contributed by atoms with van der Waals surface area (Å²) in [7, 11) is 0. The smallest absolute Gasteiger partial charge is 0.336 e. The van der Waals surface area contributed by atoms with Crippen molar-refractivity contribution in [2.24, 2.45) is 0 Å². The first-order valence-electron chi connectivity index (χ1n) is 8.86. The third-order valence-electron chi connectivity index (χ3n) is 3.77. The topological polar surface area (TPSA) is 205 Å². The van der Waals surface area contributed by atoms with E-state index in [-0.39, 0.29) is 17.9 Å². The Bertz CT molecular complexity index is 725. The van der Waals surface area contributed by atoms with Gasteiger partial charge in [0.2, 0.25) is 0 Å². The molecule has 0 aliphatic heterocycles. The van der Waals surface area contributed by atoms with Crippen LogP contribution in [-0.2, 0) is 21.0 Å². The molecule has 1 unspecified atom stereocenters. The molecule has 0 saturated heterocycles. The zero-order valence-corrected chi connectivity index (χ0v) is 17.0. The molecule has 0 radical (unpaired) electrons. The van der Waals surface area contributed by atoms with Crippen LogP contribution in [0.5, 0.6) is 5.75 Å². The molecule has 0 amide bonds. The van der Waals surface area contributed by atoms with E-state index < -0.39 is 42.5 Å². The quantitative estimate of drug-likeness (QED) is 0.262. The Labute approximate surface area is 173 Å². The predicted octanol–water partition coefficient (Wildman–Crippen LogP) is 0.0575. The fraction of sp³-hybridized carbons (Fsp3) is 0.526. The molecule has 30 heavy (non-hydrogen) atoms. The van der Waals surface area contributed by atoms with Gasteiger partial charge in [0, 0.05) is 17.6 Å². The number of phenols is 1. The highest BCUT2D eigenvalue weighted by atomic mass is 16.4. The number of β-amino-alcohol motifs (C(OH)–C–C–N with tert-alkyl or cyclic N) is 1. The van der Waals surface area contributed by atoms with Gasteiger partial charge in [-0.1, -0.05) is 6.07 Å². The Morgan fingerprint density at radius 2 is 1.53 bits per heavy atom. The summed E-state index contributed by atoms with van der Waals surface area (Å²) in [6, 6.07) is 4.76. The van der Waals surface area contributed by atoms with E-state index in [0.717, 1.165) is 0 Å². The van der Waals surface area contributed by atoms with Crippen molar-refractivity contribution in [3.05, 3.63) is 29.3 Å². The molecule has 8 N–H and O–H groups in total. The standard InChI is InChI=1S/C13H21NO3.C6H8O7/c1-13(2,3)14-7-12(17)9-4-5-11(16)10(6-9)8-15;7-3(8)1-6(13,5(11)12)2-4(9)10/h4-6,12,14-17H,7-8H2,1-3H3;13H,1-2H2,(H,7,8)(H,9,10)(H,11,12). The number of carboxylic acids is 3. The lowest BCUT2D eigenvalue weighted by atomic mass is 9.96. The third-order valence-corrected chi connectivity index (χ3v) is 3.77. The molecule has 0 aliphatic carbocycles. The van der Waals surface area contributed by atoms with Gasteiger partial charge in [-0.25, -0.2) is 4.79 Å². The van der Waals surface area contributed by atoms with Crippen LogP contribution < -0.4 is 5.32 Å². The number of benzene rings is 1. The largest absolute Gasteiger partial charge is 0.508 e. The molecule has 0 heterocycles. The number of hydrogen-bond donors (Lipinski definition) is 8. The summed E-state index contributed by atoms with van der Waals surface area (Å²) in [6.07, 6.45) is -2.94. The minimum atomic E-state index is -2.74. The summed E-state index contributed by atoms with van der Waals surface area (Å²) in [5.74, 6) is -4.97. The number of aliphatic hydroxyl groups excluding tert-OH is 2. The van der Waals surface area contributed by atoms with Crippen molar-refractivity contribution in [2.45, 2.75) is 57.5 Å². The zero-order valence-electron chi connectivity index (χ0n) is 17.0. The highest BCUT2D eigenvalue weighted by Crippen LogP contribution is 2.22. The van der Waals surface area contributed by atoms with Gasteiger partial charge in [0.05, 0.1) is 25.6 Å². The first-order valence-corrected chi connectivity index (χ1v) is 8.86. The SMILES string of the molecule is CC(C)(C)NCC(O)c1ccc(O)c(CO)c1.O=C(O)CC(O)(CC(=O)O)C(=O)O. The van der Waals surface area contributed by atoms with Gasteiger partial charge in [0.1, 0.15) is 5.75 Å². The van der Waals surface area contributed by atoms with E-state index in [1.54, 1.807) is 12.1 Å². The van der Waals surface area contributed by atoms with Gasteiger partial charge < -0.3 is 41.1 Å². The van der Waals surface area contributed by atoms with E-state index in [4.69, 9.17) is 25.5 Å². The molecule has 1 rings (SSSR count). The van der Waals surface area contributed by atoms with Crippen LogP contribution in [0.2, 0.25) is 0 Å². The van der Waals surface area contributed by atoms with E-state index in [0.29, 0.717) is 17.7 Å². The normalized spacial score (nSPS) is 12.5. The van der Waals surface area contributed by atoms with Crippen LogP contribution in [0.3, 0.4) is 0 Å². The van der Waals surface area contributed by atoms with Crippen LogP contribution in [0, 0.1) is 0 Å². The van der Waals surface area contributed by atoms with Gasteiger partial charge >= 0.3 is 17.9 Å². The Balaban J connectivity index is 0.000000584. The number of carboxylic acid groups (broad SMARTS) is 3. The molecule has 1 aromatic rings. The summed E-state index contributed by atoms with van der Waals surface area (Å²) in [5.41, 5.74) is -1.68. The first kappa shape index (κ1) is 27.3. The van der Waals surface area contributed by atoms with Crippen molar-refractivity contribution in [3.8, 4) is 5.75 Å². The van der Waals surface area contributed by atoms with Crippen molar-refractivity contribution in [2.75, 3.05) is 6.54 Å². The maximum atomic E-state index is 10.3. The lowest BCUT2D eigenvalue weighted by Crippen LogP contribution is -2.42. The van der Waals surface area contributed by atoms with Crippen molar-refractivity contribution in [1.82, 2.24) is 5.32 Å². The summed E-state index contributed by atoms with van der Waals surface area (Å²) in [5, 5.41) is 65.4. The van der Waals surface area contributed by atoms with E-state index >= 15 is 0 Å². The van der Waals surface area contributed by atoms with E-state index in [9.17, 15) is 24.6 Å². The Morgan fingerprint density at radius 1 is 1.03 bits per heavy atom. The van der Waals surface area contributed by atoms with Crippen molar-refractivity contribution < 1.29 is 50.1 Å². The molecule has 0 saturated carbocycles.